The van der Waals surface area contributed by atoms with E-state index < -0.39 is 33.7 Å². The molecule has 0 radical (unpaired) electrons. The summed E-state index contributed by atoms with van der Waals surface area (Å²) in [5.74, 6) is -1.39. The third kappa shape index (κ3) is 6.24. The summed E-state index contributed by atoms with van der Waals surface area (Å²) in [6, 6.07) is 11.3. The maximum atomic E-state index is 14.1. The minimum Gasteiger partial charge on any atom is -0.506 e. The molecule has 0 saturated carbocycles. The van der Waals surface area contributed by atoms with Gasteiger partial charge in [0.05, 0.1) is 17.7 Å². The molecule has 0 spiro atoms. The van der Waals surface area contributed by atoms with Gasteiger partial charge in [0.25, 0.3) is 0 Å². The van der Waals surface area contributed by atoms with E-state index >= 15 is 0 Å². The average molecular weight is 586 g/mol. The number of hydrogen-bond donors (Lipinski definition) is 5. The van der Waals surface area contributed by atoms with Crippen molar-refractivity contribution < 1.29 is 38.1 Å². The molecule has 1 unspecified atom stereocenters. The van der Waals surface area contributed by atoms with Crippen molar-refractivity contribution in [3.8, 4) is 0 Å². The van der Waals surface area contributed by atoms with Crippen LogP contribution in [0.1, 0.15) is 65.0 Å². The quantitative estimate of drug-likeness (QED) is 0.230. The maximum absolute atomic E-state index is 14.1. The van der Waals surface area contributed by atoms with Crippen molar-refractivity contribution in [1.82, 2.24) is 0 Å². The zero-order valence-electron chi connectivity index (χ0n) is 23.6. The van der Waals surface area contributed by atoms with Gasteiger partial charge in [-0.25, -0.2) is 4.79 Å². The summed E-state index contributed by atoms with van der Waals surface area (Å²) < 4.78 is 36.4. The molecule has 1 aliphatic carbocycles. The molecule has 11 nitrogen and oxygen atoms in total. The molecule has 4 rings (SSSR count). The molecule has 41 heavy (non-hydrogen) atoms. The number of carbonyl (C=O) groups excluding carboxylic acids is 3. The fourth-order valence-corrected chi connectivity index (χ4v) is 6.07. The van der Waals surface area contributed by atoms with E-state index in [-0.39, 0.29) is 58.9 Å². The highest BCUT2D eigenvalue weighted by atomic mass is 32.3. The molecule has 1 heterocycles. The SMILES string of the molecule is CCOC(=O)CCCC1(C)C(=O)C(C2=NS(O)(O)c3cc(NC(=O)OC(C)(C)C)ccc3N2)=C(O)c2ccccc21. The number of ketones is 1. The number of hydrogen-bond acceptors (Lipinski definition) is 10. The summed E-state index contributed by atoms with van der Waals surface area (Å²) in [4.78, 5) is 38.2. The summed E-state index contributed by atoms with van der Waals surface area (Å²) in [6.07, 6.45) is 0.0367. The van der Waals surface area contributed by atoms with Gasteiger partial charge in [-0.3, -0.25) is 24.0 Å². The van der Waals surface area contributed by atoms with Crippen LogP contribution >= 0.6 is 10.8 Å². The van der Waals surface area contributed by atoms with Crippen molar-refractivity contribution >= 4 is 51.6 Å². The molecule has 0 fully saturated rings. The minimum absolute atomic E-state index is 0.00393. The van der Waals surface area contributed by atoms with Crippen molar-refractivity contribution in [2.45, 2.75) is 69.8 Å². The Morgan fingerprint density at radius 3 is 2.54 bits per heavy atom. The zero-order chi connectivity index (χ0) is 30.2. The Morgan fingerprint density at radius 1 is 1.15 bits per heavy atom. The van der Waals surface area contributed by atoms with Gasteiger partial charge in [0.1, 0.15) is 21.8 Å². The zero-order valence-corrected chi connectivity index (χ0v) is 24.4. The Labute approximate surface area is 240 Å². The summed E-state index contributed by atoms with van der Waals surface area (Å²) >= 11 is 0. The number of amides is 1. The molecule has 0 bridgehead atoms. The second kappa shape index (κ2) is 11.2. The largest absolute Gasteiger partial charge is 0.506 e. The van der Waals surface area contributed by atoms with E-state index in [0.717, 1.165) is 0 Å². The highest BCUT2D eigenvalue weighted by Crippen LogP contribution is 2.57. The third-order valence-corrected chi connectivity index (χ3v) is 8.10. The number of amidine groups is 1. The van der Waals surface area contributed by atoms with E-state index in [2.05, 4.69) is 15.0 Å². The number of fused-ring (bicyclic) bond motifs is 2. The van der Waals surface area contributed by atoms with Crippen molar-refractivity contribution in [3.63, 3.8) is 0 Å². The summed E-state index contributed by atoms with van der Waals surface area (Å²) in [5, 5.41) is 16.8. The topological polar surface area (TPSA) is 167 Å². The van der Waals surface area contributed by atoms with Gasteiger partial charge in [0.2, 0.25) is 0 Å². The van der Waals surface area contributed by atoms with E-state index in [4.69, 9.17) is 9.47 Å². The Morgan fingerprint density at radius 2 is 1.85 bits per heavy atom. The van der Waals surface area contributed by atoms with Crippen LogP contribution in [0.15, 0.2) is 57.3 Å². The molecular weight excluding hydrogens is 550 g/mol. The molecule has 2 aromatic rings. The number of ether oxygens (including phenoxy) is 2. The van der Waals surface area contributed by atoms with Gasteiger partial charge in [-0.05, 0) is 71.2 Å². The third-order valence-electron chi connectivity index (χ3n) is 6.74. The highest BCUT2D eigenvalue weighted by Gasteiger charge is 2.46. The number of anilines is 2. The van der Waals surface area contributed by atoms with Crippen molar-refractivity contribution in [1.29, 1.82) is 0 Å². The van der Waals surface area contributed by atoms with E-state index in [1.807, 2.05) is 0 Å². The summed E-state index contributed by atoms with van der Waals surface area (Å²) in [7, 11) is -3.86. The molecule has 1 atom stereocenters. The van der Waals surface area contributed by atoms with Gasteiger partial charge < -0.3 is 19.9 Å². The molecule has 0 saturated heterocycles. The first-order valence-electron chi connectivity index (χ1n) is 13.2. The number of carbonyl (C=O) groups is 3. The summed E-state index contributed by atoms with van der Waals surface area (Å²) in [5.41, 5.74) is -0.571. The van der Waals surface area contributed by atoms with Crippen LogP contribution in [0.5, 0.6) is 0 Å². The van der Waals surface area contributed by atoms with Gasteiger partial charge in [-0.1, -0.05) is 35.0 Å². The fourth-order valence-electron chi connectivity index (χ4n) is 4.88. The lowest BCUT2D eigenvalue weighted by atomic mass is 9.67. The first-order valence-corrected chi connectivity index (χ1v) is 14.7. The molecule has 5 N–H and O–H groups in total. The van der Waals surface area contributed by atoms with Gasteiger partial charge >= 0.3 is 12.1 Å². The number of rotatable bonds is 7. The van der Waals surface area contributed by atoms with Crippen molar-refractivity contribution in [2.24, 2.45) is 4.40 Å². The number of Topliss-reactive ketones (excluding diaryl/α,β-unsaturated/α-hetero) is 1. The van der Waals surface area contributed by atoms with Crippen LogP contribution in [-0.2, 0) is 24.5 Å². The Kier molecular flexibility index (Phi) is 8.21. The van der Waals surface area contributed by atoms with Crippen LogP contribution in [0.4, 0.5) is 16.2 Å². The highest BCUT2D eigenvalue weighted by molar-refractivity contribution is 8.23. The molecule has 220 valence electrons. The molecule has 2 aliphatic rings. The molecule has 1 amide bonds. The van der Waals surface area contributed by atoms with Crippen LogP contribution < -0.4 is 10.6 Å². The number of aliphatic hydroxyl groups is 1. The molecule has 0 aromatic heterocycles. The van der Waals surface area contributed by atoms with E-state index in [1.54, 1.807) is 58.9 Å². The monoisotopic (exact) mass is 585 g/mol. The minimum atomic E-state index is -3.86. The lowest BCUT2D eigenvalue weighted by molar-refractivity contribution is -0.143. The fraction of sp³-hybridized carbons (Fsp3) is 0.379. The normalized spacial score (nSPS) is 20.2. The molecule has 12 heteroatoms. The van der Waals surface area contributed by atoms with Crippen molar-refractivity contribution in [3.05, 3.63) is 59.2 Å². The standard InChI is InChI=1S/C29H35N3O8S/c1-6-39-22(33)12-9-15-29(5)19-11-8-7-10-18(19)24(34)23(25(29)35)26-31-20-14-13-17(16-21(20)41(37,38)32-26)30-27(36)40-28(2,3)4/h7-8,10-11,13-14,16,34,37-38H,6,9,12,15H2,1-5H3,(H,30,36)(H,31,32). The first kappa shape index (κ1) is 30.1. The summed E-state index contributed by atoms with van der Waals surface area (Å²) in [6.45, 7) is 8.87. The van der Waals surface area contributed by atoms with Gasteiger partial charge in [-0.15, -0.1) is 4.40 Å². The Balaban J connectivity index is 1.68. The second-order valence-electron chi connectivity index (χ2n) is 11.0. The van der Waals surface area contributed by atoms with E-state index in [0.29, 0.717) is 17.5 Å². The molecular formula is C29H35N3O8S. The second-order valence-corrected chi connectivity index (χ2v) is 12.7. The molecule has 1 aliphatic heterocycles. The number of aliphatic hydroxyl groups excluding tert-OH is 1. The lowest BCUT2D eigenvalue weighted by Crippen LogP contribution is -2.42. The van der Waals surface area contributed by atoms with Crippen LogP contribution in [0.2, 0.25) is 0 Å². The van der Waals surface area contributed by atoms with Crippen LogP contribution in [-0.4, -0.2) is 50.1 Å². The maximum Gasteiger partial charge on any atom is 0.412 e. The van der Waals surface area contributed by atoms with Crippen LogP contribution in [0, 0.1) is 0 Å². The van der Waals surface area contributed by atoms with Crippen molar-refractivity contribution in [2.75, 3.05) is 17.2 Å². The first-order chi connectivity index (χ1) is 19.2. The van der Waals surface area contributed by atoms with Crippen LogP contribution in [0.3, 0.4) is 0 Å². The molecule has 2 aromatic carbocycles. The number of nitrogens with one attached hydrogen (secondary N) is 2. The number of esters is 1. The smallest absolute Gasteiger partial charge is 0.412 e. The predicted octanol–water partition coefficient (Wildman–Crippen LogP) is 6.43. The number of nitrogens with zero attached hydrogens (tertiary/aromatic N) is 1. The lowest BCUT2D eigenvalue weighted by Gasteiger charge is -2.39. The van der Waals surface area contributed by atoms with Crippen LogP contribution in [0.25, 0.3) is 5.76 Å². The van der Waals surface area contributed by atoms with Gasteiger partial charge in [0.15, 0.2) is 11.6 Å². The Hall–Kier alpha value is -3.87. The van der Waals surface area contributed by atoms with Gasteiger partial charge in [-0.2, -0.15) is 0 Å². The Bertz CT molecular complexity index is 1460. The van der Waals surface area contributed by atoms with E-state index in [1.165, 1.54) is 18.2 Å². The predicted molar refractivity (Wildman–Crippen MR) is 157 cm³/mol. The van der Waals surface area contributed by atoms with E-state index in [9.17, 15) is 28.6 Å². The average Bonchev–Trinajstić information content (AvgIpc) is 2.87. The number of benzene rings is 2. The van der Waals surface area contributed by atoms with Gasteiger partial charge in [0, 0.05) is 17.7 Å².